The topological polar surface area (TPSA) is 176 Å². The molecule has 2 aliphatic rings. The van der Waals surface area contributed by atoms with E-state index >= 15 is 0 Å². The number of likely N-dealkylation sites (tertiary alicyclic amines) is 2. The molecule has 1 aromatic carbocycles. The van der Waals surface area contributed by atoms with Gasteiger partial charge in [-0.2, -0.15) is 0 Å². The zero-order valence-corrected chi connectivity index (χ0v) is 28.1. The Bertz CT molecular complexity index is 2120. The Morgan fingerprint density at radius 2 is 1.80 bits per heavy atom. The summed E-state index contributed by atoms with van der Waals surface area (Å²) in [6.07, 6.45) is 6.22. The van der Waals surface area contributed by atoms with Crippen LogP contribution in [0.1, 0.15) is 40.5 Å². The van der Waals surface area contributed by atoms with Crippen molar-refractivity contribution in [1.82, 2.24) is 33.9 Å². The number of hydrogen-bond acceptors (Lipinski definition) is 9. The van der Waals surface area contributed by atoms with Gasteiger partial charge >= 0.3 is 6.09 Å². The van der Waals surface area contributed by atoms with Crippen molar-refractivity contribution in [3.63, 3.8) is 0 Å². The minimum Gasteiger partial charge on any atom is -0.465 e. The zero-order chi connectivity index (χ0) is 35.0. The van der Waals surface area contributed by atoms with E-state index in [0.717, 1.165) is 5.56 Å². The van der Waals surface area contributed by atoms with Gasteiger partial charge in [0.15, 0.2) is 5.01 Å². The number of carbonyl (C=O) groups excluding carboxylic acids is 2. The van der Waals surface area contributed by atoms with E-state index < -0.39 is 11.7 Å². The Kier molecular flexibility index (Phi) is 8.92. The number of carbonyl (C=O) groups is 3. The van der Waals surface area contributed by atoms with Gasteiger partial charge < -0.3 is 24.6 Å². The summed E-state index contributed by atoms with van der Waals surface area (Å²) in [7, 11) is 1.82. The van der Waals surface area contributed by atoms with E-state index in [4.69, 9.17) is 5.11 Å². The van der Waals surface area contributed by atoms with Crippen molar-refractivity contribution in [1.29, 1.82) is 0 Å². The summed E-state index contributed by atoms with van der Waals surface area (Å²) < 4.78 is 3.23. The number of amides is 3. The van der Waals surface area contributed by atoms with Crippen LogP contribution in [0.25, 0.3) is 21.5 Å². The third-order valence-electron chi connectivity index (χ3n) is 9.73. The molecule has 0 radical (unpaired) electrons. The lowest BCUT2D eigenvalue weighted by atomic mass is 9.79. The van der Waals surface area contributed by atoms with Crippen LogP contribution in [0.2, 0.25) is 0 Å². The van der Waals surface area contributed by atoms with Gasteiger partial charge in [0.1, 0.15) is 17.8 Å². The van der Waals surface area contributed by atoms with Crippen LogP contribution in [-0.2, 0) is 18.4 Å². The van der Waals surface area contributed by atoms with Crippen LogP contribution in [-0.4, -0.2) is 93.8 Å². The second-order valence-corrected chi connectivity index (χ2v) is 14.0. The maximum Gasteiger partial charge on any atom is 0.410 e. The van der Waals surface area contributed by atoms with E-state index in [1.165, 1.54) is 28.4 Å². The summed E-state index contributed by atoms with van der Waals surface area (Å²) in [5.41, 5.74) is 0.877. The molecule has 50 heavy (non-hydrogen) atoms. The van der Waals surface area contributed by atoms with Crippen molar-refractivity contribution in [3.05, 3.63) is 94.4 Å². The summed E-state index contributed by atoms with van der Waals surface area (Å²) in [6.45, 7) is 1.52. The van der Waals surface area contributed by atoms with Crippen molar-refractivity contribution in [2.75, 3.05) is 31.5 Å². The van der Waals surface area contributed by atoms with Gasteiger partial charge in [0.2, 0.25) is 5.91 Å². The Morgan fingerprint density at radius 3 is 2.56 bits per heavy atom. The third kappa shape index (κ3) is 6.61. The van der Waals surface area contributed by atoms with Gasteiger partial charge in [0.25, 0.3) is 11.5 Å². The third-order valence-corrected chi connectivity index (χ3v) is 10.8. The quantitative estimate of drug-likeness (QED) is 0.229. The van der Waals surface area contributed by atoms with Gasteiger partial charge in [-0.05, 0) is 48.6 Å². The highest BCUT2D eigenvalue weighted by molar-refractivity contribution is 7.17. The van der Waals surface area contributed by atoms with Gasteiger partial charge in [-0.1, -0.05) is 30.3 Å². The highest BCUT2D eigenvalue weighted by Crippen LogP contribution is 2.37. The first-order chi connectivity index (χ1) is 24.1. The minimum absolute atomic E-state index is 0.00228. The van der Waals surface area contributed by atoms with Crippen LogP contribution in [0, 0.1) is 5.92 Å². The molecule has 0 unspecified atom stereocenters. The fraction of sp³-hybridized carbons (Fsp3) is 0.343. The van der Waals surface area contributed by atoms with Gasteiger partial charge in [-0.25, -0.2) is 19.7 Å². The van der Waals surface area contributed by atoms with Gasteiger partial charge in [-0.15, -0.1) is 11.3 Å². The predicted octanol–water partition coefficient (Wildman–Crippen LogP) is 3.64. The molecule has 7 rings (SSSR count). The van der Waals surface area contributed by atoms with Gasteiger partial charge in [0, 0.05) is 63.7 Å². The smallest absolute Gasteiger partial charge is 0.410 e. The maximum atomic E-state index is 14.1. The number of nitrogens with zero attached hydrogens (tertiary/aromatic N) is 7. The molecule has 3 amide bonds. The lowest BCUT2D eigenvalue weighted by Crippen LogP contribution is -2.53. The number of nitrogens with one attached hydrogen (secondary N) is 1. The molecule has 2 fully saturated rings. The summed E-state index contributed by atoms with van der Waals surface area (Å²) in [5.74, 6) is -0.660. The number of rotatable bonds is 7. The maximum absolute atomic E-state index is 14.1. The second kappa shape index (κ2) is 13.5. The number of thiazole rings is 1. The van der Waals surface area contributed by atoms with Crippen LogP contribution in [0.3, 0.4) is 0 Å². The predicted molar refractivity (Wildman–Crippen MR) is 186 cm³/mol. The highest BCUT2D eigenvalue weighted by Gasteiger charge is 2.42. The standard InChI is InChI=1S/C35H36N8O6S/c1-40-13-8-25-29(40)38-21-43(32(25)45)20-35(49)10-15-41(16-11-35)31(44)24-9-14-42(19-26(24)22-5-3-2-4-6-22)33(46)30-37-18-27(50-30)23-7-12-36-28(17-23)39-34(47)48/h2-8,12-13,17-18,21,24,26,49H,9-11,14-16,19-20H2,1H3,(H,36,39)(H,47,48)/t24-,26+/m1/s1. The monoisotopic (exact) mass is 696 g/mol. The molecule has 2 saturated heterocycles. The number of aliphatic hydroxyl groups is 1. The largest absolute Gasteiger partial charge is 0.465 e. The summed E-state index contributed by atoms with van der Waals surface area (Å²) in [6, 6.07) is 14.8. The molecule has 0 saturated carbocycles. The van der Waals surface area contributed by atoms with Crippen LogP contribution in [0.5, 0.6) is 0 Å². The number of hydrogen-bond donors (Lipinski definition) is 3. The Hall–Kier alpha value is -5.41. The lowest BCUT2D eigenvalue weighted by Gasteiger charge is -2.43. The van der Waals surface area contributed by atoms with E-state index in [0.29, 0.717) is 71.9 Å². The molecule has 14 nitrogen and oxygen atoms in total. The molecule has 6 heterocycles. The highest BCUT2D eigenvalue weighted by atomic mass is 32.1. The van der Waals surface area contributed by atoms with Crippen LogP contribution >= 0.6 is 11.3 Å². The summed E-state index contributed by atoms with van der Waals surface area (Å²) >= 11 is 1.21. The minimum atomic E-state index is -1.22. The molecule has 2 atom stereocenters. The van der Waals surface area contributed by atoms with Crippen molar-refractivity contribution in [3.8, 4) is 10.4 Å². The molecule has 3 N–H and O–H groups in total. The van der Waals surface area contributed by atoms with Crippen molar-refractivity contribution in [2.24, 2.45) is 13.0 Å². The van der Waals surface area contributed by atoms with Crippen LogP contribution in [0.15, 0.2) is 78.2 Å². The van der Waals surface area contributed by atoms with Crippen LogP contribution in [0.4, 0.5) is 10.6 Å². The van der Waals surface area contributed by atoms with E-state index in [2.05, 4.69) is 20.3 Å². The number of piperidine rings is 2. The number of carboxylic acid groups (broad SMARTS) is 1. The first kappa shape index (κ1) is 33.1. The number of aromatic nitrogens is 5. The van der Waals surface area contributed by atoms with Gasteiger partial charge in [0.05, 0.1) is 22.4 Å². The molecule has 0 aliphatic carbocycles. The Labute approximate surface area is 290 Å². The van der Waals surface area contributed by atoms with E-state index in [1.807, 2.05) is 42.3 Å². The number of benzene rings is 1. The summed E-state index contributed by atoms with van der Waals surface area (Å²) in [4.78, 5) is 69.0. The Morgan fingerprint density at radius 1 is 1.02 bits per heavy atom. The van der Waals surface area contributed by atoms with Crippen molar-refractivity contribution >= 4 is 46.1 Å². The Balaban J connectivity index is 1.03. The van der Waals surface area contributed by atoms with E-state index in [9.17, 15) is 24.3 Å². The van der Waals surface area contributed by atoms with Crippen molar-refractivity contribution in [2.45, 2.75) is 37.3 Å². The second-order valence-electron chi connectivity index (χ2n) is 12.9. The number of pyridine rings is 1. The molecule has 5 aromatic rings. The first-order valence-electron chi connectivity index (χ1n) is 16.4. The van der Waals surface area contributed by atoms with Crippen LogP contribution < -0.4 is 10.9 Å². The normalized spacial score (nSPS) is 19.0. The molecule has 4 aromatic heterocycles. The fourth-order valence-corrected chi connectivity index (χ4v) is 7.90. The van der Waals surface area contributed by atoms with Gasteiger partial charge in [-0.3, -0.25) is 24.3 Å². The van der Waals surface area contributed by atoms with Crippen molar-refractivity contribution < 1.29 is 24.6 Å². The molecular weight excluding hydrogens is 661 g/mol. The molecule has 2 aliphatic heterocycles. The van der Waals surface area contributed by atoms with E-state index in [1.54, 1.807) is 40.1 Å². The molecule has 0 bridgehead atoms. The molecule has 15 heteroatoms. The first-order valence-corrected chi connectivity index (χ1v) is 17.2. The number of fused-ring (bicyclic) bond motifs is 1. The average Bonchev–Trinajstić information content (AvgIpc) is 3.77. The average molecular weight is 697 g/mol. The number of anilines is 1. The fourth-order valence-electron chi connectivity index (χ4n) is 7.02. The SMILES string of the molecule is Cn1ccc2c(=O)n(CC3(O)CCN(C(=O)[C@@H]4CCN(C(=O)c5ncc(-c6ccnc(NC(=O)O)c6)s5)C[C@H]4c4ccccc4)CC3)cnc21. The number of aryl methyl sites for hydroxylation is 1. The van der Waals surface area contributed by atoms with E-state index in [-0.39, 0.29) is 41.6 Å². The zero-order valence-electron chi connectivity index (χ0n) is 27.3. The molecule has 0 spiro atoms. The molecule has 258 valence electrons. The summed E-state index contributed by atoms with van der Waals surface area (Å²) in [5, 5.41) is 23.5. The lowest BCUT2D eigenvalue weighted by molar-refractivity contribution is -0.142. The molecular formula is C35H36N8O6S.